The van der Waals surface area contributed by atoms with Crippen molar-refractivity contribution in [3.63, 3.8) is 0 Å². The van der Waals surface area contributed by atoms with E-state index in [1.165, 1.54) is 10.8 Å². The summed E-state index contributed by atoms with van der Waals surface area (Å²) in [4.78, 5) is 7.65. The lowest BCUT2D eigenvalue weighted by Gasteiger charge is -2.03. The highest BCUT2D eigenvalue weighted by Crippen LogP contribution is 2.26. The molecular formula is C14H12N2. The Bertz CT molecular complexity index is 633. The summed E-state index contributed by atoms with van der Waals surface area (Å²) in [5.41, 5.74) is 2.24. The van der Waals surface area contributed by atoms with E-state index in [0.29, 0.717) is 0 Å². The van der Waals surface area contributed by atoms with Gasteiger partial charge in [0.25, 0.3) is 0 Å². The zero-order valence-corrected chi connectivity index (χ0v) is 9.07. The summed E-state index contributed by atoms with van der Waals surface area (Å²) >= 11 is 0. The van der Waals surface area contributed by atoms with Crippen LogP contribution in [-0.2, 0) is 0 Å². The molecule has 3 rings (SSSR count). The Labute approximate surface area is 94.0 Å². The van der Waals surface area contributed by atoms with Crippen LogP contribution in [0.5, 0.6) is 0 Å². The number of fused-ring (bicyclic) bond motifs is 1. The Hall–Kier alpha value is -2.09. The van der Waals surface area contributed by atoms with Gasteiger partial charge >= 0.3 is 0 Å². The molecule has 3 aromatic rings. The molecule has 0 saturated heterocycles. The minimum atomic E-state index is 0.939. The third-order valence-corrected chi connectivity index (χ3v) is 2.75. The lowest BCUT2D eigenvalue weighted by Crippen LogP contribution is -1.83. The number of rotatable bonds is 1. The fourth-order valence-electron chi connectivity index (χ4n) is 1.98. The first-order valence-corrected chi connectivity index (χ1v) is 5.34. The molecule has 1 N–H and O–H groups in total. The summed E-state index contributed by atoms with van der Waals surface area (Å²) in [5.74, 6) is 0.939. The van der Waals surface area contributed by atoms with Crippen LogP contribution in [0.15, 0.2) is 48.7 Å². The van der Waals surface area contributed by atoms with Gasteiger partial charge in [-0.25, -0.2) is 4.98 Å². The van der Waals surface area contributed by atoms with Gasteiger partial charge in [-0.15, -0.1) is 0 Å². The van der Waals surface area contributed by atoms with Gasteiger partial charge in [0, 0.05) is 17.5 Å². The number of hydrogen-bond donors (Lipinski definition) is 1. The van der Waals surface area contributed by atoms with E-state index < -0.39 is 0 Å². The number of aromatic nitrogens is 2. The van der Waals surface area contributed by atoms with Crippen LogP contribution in [0.4, 0.5) is 0 Å². The highest BCUT2D eigenvalue weighted by atomic mass is 14.9. The molecule has 0 saturated carbocycles. The molecule has 0 fully saturated rings. The van der Waals surface area contributed by atoms with Crippen LogP contribution in [0, 0.1) is 6.92 Å². The zero-order chi connectivity index (χ0) is 11.0. The molecule has 2 heteroatoms. The molecule has 0 unspecified atom stereocenters. The maximum absolute atomic E-state index is 4.38. The Morgan fingerprint density at radius 2 is 1.81 bits per heavy atom. The minimum Gasteiger partial charge on any atom is -0.342 e. The first kappa shape index (κ1) is 9.16. The molecule has 16 heavy (non-hydrogen) atoms. The van der Waals surface area contributed by atoms with Gasteiger partial charge in [0.2, 0.25) is 0 Å². The van der Waals surface area contributed by atoms with Crippen LogP contribution in [0.3, 0.4) is 0 Å². The van der Waals surface area contributed by atoms with Crippen LogP contribution < -0.4 is 0 Å². The van der Waals surface area contributed by atoms with E-state index in [1.807, 2.05) is 13.1 Å². The van der Waals surface area contributed by atoms with Crippen molar-refractivity contribution in [2.75, 3.05) is 0 Å². The van der Waals surface area contributed by atoms with Crippen LogP contribution in [-0.4, -0.2) is 9.97 Å². The molecule has 2 aromatic carbocycles. The van der Waals surface area contributed by atoms with Gasteiger partial charge in [0.15, 0.2) is 0 Å². The van der Waals surface area contributed by atoms with E-state index >= 15 is 0 Å². The summed E-state index contributed by atoms with van der Waals surface area (Å²) in [6.45, 7) is 2.02. The number of aromatic amines is 1. The van der Waals surface area contributed by atoms with Gasteiger partial charge in [-0.2, -0.15) is 0 Å². The van der Waals surface area contributed by atoms with E-state index in [-0.39, 0.29) is 0 Å². The third-order valence-electron chi connectivity index (χ3n) is 2.75. The first-order valence-electron chi connectivity index (χ1n) is 5.34. The molecular weight excluding hydrogens is 196 g/mol. The second-order valence-electron chi connectivity index (χ2n) is 3.94. The van der Waals surface area contributed by atoms with Crippen molar-refractivity contribution in [2.24, 2.45) is 0 Å². The van der Waals surface area contributed by atoms with Crippen molar-refractivity contribution in [2.45, 2.75) is 6.92 Å². The van der Waals surface area contributed by atoms with Gasteiger partial charge in [-0.1, -0.05) is 42.5 Å². The molecule has 0 amide bonds. The summed E-state index contributed by atoms with van der Waals surface area (Å²) in [5, 5.41) is 2.48. The number of aryl methyl sites for hydroxylation is 1. The molecule has 0 aliphatic carbocycles. The predicted octanol–water partition coefficient (Wildman–Crippen LogP) is 3.54. The molecule has 0 aliphatic heterocycles. The lowest BCUT2D eigenvalue weighted by atomic mass is 10.0. The number of H-pyrrole nitrogens is 1. The molecule has 0 aliphatic rings. The Morgan fingerprint density at radius 3 is 2.62 bits per heavy atom. The summed E-state index contributed by atoms with van der Waals surface area (Å²) in [7, 11) is 0. The quantitative estimate of drug-likeness (QED) is 0.651. The average Bonchev–Trinajstić information content (AvgIpc) is 2.75. The average molecular weight is 208 g/mol. The zero-order valence-electron chi connectivity index (χ0n) is 9.07. The Kier molecular flexibility index (Phi) is 2.00. The normalized spacial score (nSPS) is 10.8. The molecule has 1 heterocycles. The maximum Gasteiger partial charge on any atom is 0.138 e. The van der Waals surface area contributed by atoms with Crippen molar-refractivity contribution in [1.82, 2.24) is 9.97 Å². The Morgan fingerprint density at radius 1 is 1.00 bits per heavy atom. The van der Waals surface area contributed by atoms with Crippen molar-refractivity contribution >= 4 is 10.8 Å². The van der Waals surface area contributed by atoms with Gasteiger partial charge < -0.3 is 4.98 Å². The van der Waals surface area contributed by atoms with Gasteiger partial charge in [-0.3, -0.25) is 0 Å². The molecule has 0 spiro atoms. The van der Waals surface area contributed by atoms with E-state index in [1.54, 1.807) is 0 Å². The fraction of sp³-hybridized carbons (Fsp3) is 0.0714. The van der Waals surface area contributed by atoms with Gasteiger partial charge in [0.1, 0.15) is 5.82 Å². The molecule has 2 nitrogen and oxygen atoms in total. The van der Waals surface area contributed by atoms with Crippen molar-refractivity contribution in [1.29, 1.82) is 0 Å². The topological polar surface area (TPSA) is 28.7 Å². The summed E-state index contributed by atoms with van der Waals surface area (Å²) in [6.07, 6.45) is 1.86. The number of nitrogens with one attached hydrogen (secondary N) is 1. The number of hydrogen-bond acceptors (Lipinski definition) is 1. The largest absolute Gasteiger partial charge is 0.342 e. The van der Waals surface area contributed by atoms with E-state index in [9.17, 15) is 0 Å². The molecule has 1 aromatic heterocycles. The highest BCUT2D eigenvalue weighted by molar-refractivity contribution is 5.94. The van der Waals surface area contributed by atoms with Crippen LogP contribution in [0.1, 0.15) is 5.69 Å². The number of benzene rings is 2. The lowest BCUT2D eigenvalue weighted by molar-refractivity contribution is 1.26. The minimum absolute atomic E-state index is 0.939. The number of imidazole rings is 1. The van der Waals surface area contributed by atoms with E-state index in [4.69, 9.17) is 0 Å². The Balaban J connectivity index is 2.31. The molecule has 78 valence electrons. The first-order chi connectivity index (χ1) is 7.84. The predicted molar refractivity (Wildman–Crippen MR) is 66.3 cm³/mol. The van der Waals surface area contributed by atoms with E-state index in [0.717, 1.165) is 17.1 Å². The smallest absolute Gasteiger partial charge is 0.138 e. The molecule has 0 bridgehead atoms. The van der Waals surface area contributed by atoms with E-state index in [2.05, 4.69) is 52.4 Å². The maximum atomic E-state index is 4.38. The highest BCUT2D eigenvalue weighted by Gasteiger charge is 2.05. The van der Waals surface area contributed by atoms with Crippen molar-refractivity contribution < 1.29 is 0 Å². The monoisotopic (exact) mass is 208 g/mol. The molecule has 0 atom stereocenters. The van der Waals surface area contributed by atoms with Crippen LogP contribution in [0.2, 0.25) is 0 Å². The summed E-state index contributed by atoms with van der Waals surface area (Å²) in [6, 6.07) is 14.6. The van der Waals surface area contributed by atoms with Gasteiger partial charge in [0.05, 0.1) is 0 Å². The van der Waals surface area contributed by atoms with Crippen LogP contribution in [0.25, 0.3) is 22.2 Å². The molecule has 0 radical (unpaired) electrons. The van der Waals surface area contributed by atoms with Crippen molar-refractivity contribution in [3.05, 3.63) is 54.4 Å². The van der Waals surface area contributed by atoms with Crippen molar-refractivity contribution in [3.8, 4) is 11.4 Å². The SMILES string of the molecule is Cc1cnc(-c2cccc3ccccc23)[nH]1. The second-order valence-corrected chi connectivity index (χ2v) is 3.94. The van der Waals surface area contributed by atoms with Crippen LogP contribution >= 0.6 is 0 Å². The fourth-order valence-corrected chi connectivity index (χ4v) is 1.98. The van der Waals surface area contributed by atoms with Gasteiger partial charge in [-0.05, 0) is 17.7 Å². The standard InChI is InChI=1S/C14H12N2/c1-10-9-15-14(16-10)13-8-4-6-11-5-2-3-7-12(11)13/h2-9H,1H3,(H,15,16). The number of nitrogens with zero attached hydrogens (tertiary/aromatic N) is 1. The third kappa shape index (κ3) is 1.39. The summed E-state index contributed by atoms with van der Waals surface area (Å²) < 4.78 is 0. The second kappa shape index (κ2) is 3.49.